The first kappa shape index (κ1) is 33.5. The number of hydrogen-bond donors (Lipinski definition) is 1. The lowest BCUT2D eigenvalue weighted by Gasteiger charge is -2.37. The van der Waals surface area contributed by atoms with Crippen molar-refractivity contribution < 1.29 is 23.9 Å². The molecule has 2 N–H and O–H groups in total. The molecule has 1 fully saturated rings. The average Bonchev–Trinajstić information content (AvgIpc) is 2.91. The molecule has 0 spiro atoms. The molecule has 0 aliphatic heterocycles. The maximum atomic E-state index is 12.9. The van der Waals surface area contributed by atoms with Gasteiger partial charge in [0.2, 0.25) is 0 Å². The molecule has 8 heteroatoms. The second kappa shape index (κ2) is 17.2. The van der Waals surface area contributed by atoms with Gasteiger partial charge in [-0.05, 0) is 78.0 Å². The van der Waals surface area contributed by atoms with Crippen LogP contribution in [-0.4, -0.2) is 79.0 Å². The van der Waals surface area contributed by atoms with Crippen LogP contribution in [0.4, 0.5) is 4.79 Å². The Morgan fingerprint density at radius 3 is 2.52 bits per heavy atom. The third-order valence-electron chi connectivity index (χ3n) is 7.15. The molecule has 0 aromatic heterocycles. The topological polar surface area (TPSA) is 102 Å². The number of benzene rings is 1. The predicted molar refractivity (Wildman–Crippen MR) is 158 cm³/mol. The molecule has 1 aliphatic carbocycles. The van der Waals surface area contributed by atoms with Crippen molar-refractivity contribution in [1.29, 1.82) is 0 Å². The second-order valence-electron chi connectivity index (χ2n) is 11.7. The molecule has 1 atom stereocenters. The summed E-state index contributed by atoms with van der Waals surface area (Å²) in [6.45, 7) is 9.75. The highest BCUT2D eigenvalue weighted by Crippen LogP contribution is 2.24. The summed E-state index contributed by atoms with van der Waals surface area (Å²) in [5, 5.41) is 0. The summed E-state index contributed by atoms with van der Waals surface area (Å²) in [4.78, 5) is 39.9. The molecule has 0 saturated heterocycles. The molecule has 0 bridgehead atoms. The Kier molecular flexibility index (Phi) is 14.4. The first-order chi connectivity index (χ1) is 19.1. The fraction of sp³-hybridized carbons (Fsp3) is 0.656. The number of nitrogens with two attached hydrogens (primary N) is 1. The van der Waals surface area contributed by atoms with Gasteiger partial charge in [-0.25, -0.2) is 4.79 Å². The number of likely N-dealkylation sites (N-methyl/N-ethyl adjacent to an activating group) is 1. The van der Waals surface area contributed by atoms with Gasteiger partial charge in [0.25, 0.3) is 0 Å². The summed E-state index contributed by atoms with van der Waals surface area (Å²) in [6, 6.07) is 5.69. The third kappa shape index (κ3) is 11.4. The number of aldehydes is 2. The number of carbonyl (C=O) groups excluding carboxylic acids is 3. The number of rotatable bonds is 14. The maximum absolute atomic E-state index is 12.9. The van der Waals surface area contributed by atoms with Crippen LogP contribution in [0.15, 0.2) is 18.2 Å². The fourth-order valence-electron chi connectivity index (χ4n) is 4.94. The van der Waals surface area contributed by atoms with Crippen LogP contribution in [0.3, 0.4) is 0 Å². The summed E-state index contributed by atoms with van der Waals surface area (Å²) in [6.07, 6.45) is 8.10. The zero-order valence-electron chi connectivity index (χ0n) is 25.1. The molecular formula is C32H49N3O5. The van der Waals surface area contributed by atoms with Crippen LogP contribution in [-0.2, 0) is 20.8 Å². The SMILES string of the molecule is CCCC(C=O)N(C)Cc1c(C#CCCOCCCN(C(=O)OC(C)(C)C)C2CCC(N)CC2)cccc1C=O. The molecule has 8 nitrogen and oxygen atoms in total. The fourth-order valence-corrected chi connectivity index (χ4v) is 4.94. The van der Waals surface area contributed by atoms with Gasteiger partial charge >= 0.3 is 6.09 Å². The monoisotopic (exact) mass is 555 g/mol. The highest BCUT2D eigenvalue weighted by atomic mass is 16.6. The average molecular weight is 556 g/mol. The van der Waals surface area contributed by atoms with Gasteiger partial charge in [0, 0.05) is 49.3 Å². The smallest absolute Gasteiger partial charge is 0.410 e. The molecule has 0 radical (unpaired) electrons. The lowest BCUT2D eigenvalue weighted by molar-refractivity contribution is -0.112. The minimum atomic E-state index is -0.540. The third-order valence-corrected chi connectivity index (χ3v) is 7.15. The van der Waals surface area contributed by atoms with Crippen molar-refractivity contribution in [1.82, 2.24) is 9.80 Å². The van der Waals surface area contributed by atoms with Crippen LogP contribution in [0, 0.1) is 11.8 Å². The van der Waals surface area contributed by atoms with Crippen LogP contribution in [0.25, 0.3) is 0 Å². The van der Waals surface area contributed by atoms with Crippen LogP contribution >= 0.6 is 0 Å². The predicted octanol–water partition coefficient (Wildman–Crippen LogP) is 4.95. The number of ether oxygens (including phenoxy) is 2. The van der Waals surface area contributed by atoms with Gasteiger partial charge in [0.05, 0.1) is 12.6 Å². The van der Waals surface area contributed by atoms with E-state index >= 15 is 0 Å². The molecule has 1 amide bonds. The van der Waals surface area contributed by atoms with Crippen molar-refractivity contribution in [3.63, 3.8) is 0 Å². The highest BCUT2D eigenvalue weighted by Gasteiger charge is 2.30. The largest absolute Gasteiger partial charge is 0.444 e. The first-order valence-corrected chi connectivity index (χ1v) is 14.6. The van der Waals surface area contributed by atoms with E-state index in [2.05, 4.69) is 11.8 Å². The van der Waals surface area contributed by atoms with Crippen molar-refractivity contribution in [2.45, 2.75) is 109 Å². The van der Waals surface area contributed by atoms with E-state index < -0.39 is 5.60 Å². The summed E-state index contributed by atoms with van der Waals surface area (Å²) < 4.78 is 11.5. The van der Waals surface area contributed by atoms with Crippen LogP contribution in [0.1, 0.15) is 101 Å². The number of hydrogen-bond acceptors (Lipinski definition) is 7. The van der Waals surface area contributed by atoms with E-state index in [9.17, 15) is 14.4 Å². The lowest BCUT2D eigenvalue weighted by atomic mass is 9.91. The molecule has 1 unspecified atom stereocenters. The Morgan fingerprint density at radius 2 is 1.90 bits per heavy atom. The zero-order chi connectivity index (χ0) is 29.5. The summed E-state index contributed by atoms with van der Waals surface area (Å²) in [5.74, 6) is 6.35. The Hall–Kier alpha value is -2.73. The van der Waals surface area contributed by atoms with Crippen molar-refractivity contribution in [3.05, 3.63) is 34.9 Å². The standard InChI is InChI=1S/C32H49N3O5/c1-6-11-29(24-37)34(5)22-30-25(13-9-14-26(30)23-36)12-7-8-20-39-21-10-19-35(31(38)40-32(2,3)4)28-17-15-27(33)16-18-28/h9,13-14,23-24,27-29H,6,8,10-11,15-22,33H2,1-5H3. The Labute approximate surface area is 240 Å². The zero-order valence-corrected chi connectivity index (χ0v) is 25.1. The summed E-state index contributed by atoms with van der Waals surface area (Å²) in [7, 11) is 1.90. The Balaban J connectivity index is 1.89. The first-order valence-electron chi connectivity index (χ1n) is 14.6. The van der Waals surface area contributed by atoms with E-state index in [0.29, 0.717) is 44.7 Å². The van der Waals surface area contributed by atoms with Gasteiger partial charge in [-0.15, -0.1) is 0 Å². The minimum Gasteiger partial charge on any atom is -0.444 e. The van der Waals surface area contributed by atoms with Crippen LogP contribution < -0.4 is 5.73 Å². The molecule has 40 heavy (non-hydrogen) atoms. The van der Waals surface area contributed by atoms with Gasteiger partial charge in [-0.2, -0.15) is 0 Å². The van der Waals surface area contributed by atoms with E-state index in [0.717, 1.165) is 62.2 Å². The van der Waals surface area contributed by atoms with Gasteiger partial charge in [0.1, 0.15) is 18.2 Å². The van der Waals surface area contributed by atoms with Crippen molar-refractivity contribution in [2.75, 3.05) is 26.8 Å². The van der Waals surface area contributed by atoms with E-state index in [4.69, 9.17) is 15.2 Å². The summed E-state index contributed by atoms with van der Waals surface area (Å²) >= 11 is 0. The highest BCUT2D eigenvalue weighted by molar-refractivity contribution is 5.78. The van der Waals surface area contributed by atoms with E-state index in [1.807, 2.05) is 56.7 Å². The Morgan fingerprint density at radius 1 is 1.18 bits per heavy atom. The van der Waals surface area contributed by atoms with Crippen LogP contribution in [0.2, 0.25) is 0 Å². The van der Waals surface area contributed by atoms with E-state index in [-0.39, 0.29) is 24.2 Å². The lowest BCUT2D eigenvalue weighted by Crippen LogP contribution is -2.46. The molecule has 0 heterocycles. The van der Waals surface area contributed by atoms with Gasteiger partial charge in [0.15, 0.2) is 0 Å². The normalized spacial score (nSPS) is 18.0. The minimum absolute atomic E-state index is 0.152. The van der Waals surface area contributed by atoms with Gasteiger partial charge in [-0.3, -0.25) is 9.69 Å². The van der Waals surface area contributed by atoms with Gasteiger partial charge in [-0.1, -0.05) is 37.3 Å². The molecular weight excluding hydrogens is 506 g/mol. The van der Waals surface area contributed by atoms with E-state index in [1.165, 1.54) is 0 Å². The number of carbonyl (C=O) groups is 3. The quantitative estimate of drug-likeness (QED) is 0.197. The van der Waals surface area contributed by atoms with Crippen molar-refractivity contribution in [2.24, 2.45) is 5.73 Å². The van der Waals surface area contributed by atoms with E-state index in [1.54, 1.807) is 6.07 Å². The number of nitrogens with zero attached hydrogens (tertiary/aromatic N) is 2. The van der Waals surface area contributed by atoms with Crippen LogP contribution in [0.5, 0.6) is 0 Å². The molecule has 222 valence electrons. The maximum Gasteiger partial charge on any atom is 0.410 e. The molecule has 1 aromatic carbocycles. The summed E-state index contributed by atoms with van der Waals surface area (Å²) in [5.41, 5.74) is 7.74. The molecule has 1 aliphatic rings. The van der Waals surface area contributed by atoms with Crippen molar-refractivity contribution in [3.8, 4) is 11.8 Å². The molecule has 1 aromatic rings. The van der Waals surface area contributed by atoms with Crippen molar-refractivity contribution >= 4 is 18.7 Å². The molecule has 2 rings (SSSR count). The van der Waals surface area contributed by atoms with Gasteiger partial charge < -0.3 is 24.9 Å². The second-order valence-corrected chi connectivity index (χ2v) is 11.7. The molecule has 1 saturated carbocycles. The number of amides is 1. The Bertz CT molecular complexity index is 1000.